The fourth-order valence-corrected chi connectivity index (χ4v) is 1.37. The van der Waals surface area contributed by atoms with Crippen molar-refractivity contribution in [3.8, 4) is 0 Å². The van der Waals surface area contributed by atoms with Gasteiger partial charge in [0.1, 0.15) is 0 Å². The van der Waals surface area contributed by atoms with Gasteiger partial charge in [0.15, 0.2) is 0 Å². The van der Waals surface area contributed by atoms with Crippen molar-refractivity contribution in [1.82, 2.24) is 0 Å². The summed E-state index contributed by atoms with van der Waals surface area (Å²) >= 11 is 0. The minimum Gasteiger partial charge on any atom is -0.163 e. The molecule has 0 amide bonds. The minimum absolute atomic E-state index is 1.01. The molecule has 0 spiro atoms. The summed E-state index contributed by atoms with van der Waals surface area (Å²) in [7, 11) is 0. The van der Waals surface area contributed by atoms with Crippen LogP contribution < -0.4 is 0 Å². The molecule has 0 unspecified atom stereocenters. The minimum atomic E-state index is 1.01. The van der Waals surface area contributed by atoms with Gasteiger partial charge in [-0.3, -0.25) is 0 Å². The summed E-state index contributed by atoms with van der Waals surface area (Å²) in [5.41, 5.74) is 3.58. The topological polar surface area (TPSA) is 24.7 Å². The normalized spacial score (nSPS) is 15.6. The van der Waals surface area contributed by atoms with Gasteiger partial charge in [-0.1, -0.05) is 29.8 Å². The lowest BCUT2D eigenvalue weighted by atomic mass is 10.0. The largest absolute Gasteiger partial charge is 0.163 e. The molecule has 2 nitrogen and oxygen atoms in total. The Hall–Kier alpha value is -1.44. The Kier molecular flexibility index (Phi) is 2.21. The van der Waals surface area contributed by atoms with E-state index in [-0.39, 0.29) is 0 Å². The Bertz CT molecular complexity index is 347. The average Bonchev–Trinajstić information content (AvgIpc) is 2.20. The molecule has 1 heterocycles. The first-order valence-corrected chi connectivity index (χ1v) is 4.51. The molecule has 0 fully saturated rings. The number of rotatable bonds is 1. The van der Waals surface area contributed by atoms with Crippen molar-refractivity contribution < 1.29 is 0 Å². The molecule has 0 aromatic heterocycles. The first-order chi connectivity index (χ1) is 6.36. The summed E-state index contributed by atoms with van der Waals surface area (Å²) in [5, 5.41) is 8.04. The molecule has 0 atom stereocenters. The molecular weight excluding hydrogens is 160 g/mol. The van der Waals surface area contributed by atoms with Crippen LogP contribution in [0.15, 0.2) is 34.5 Å². The molecule has 0 bridgehead atoms. The van der Waals surface area contributed by atoms with E-state index in [1.807, 2.05) is 6.21 Å². The number of nitrogens with zero attached hydrogens (tertiary/aromatic N) is 2. The fraction of sp³-hybridized carbons (Fsp3) is 0.273. The zero-order valence-corrected chi connectivity index (χ0v) is 7.70. The molecule has 0 aliphatic carbocycles. The van der Waals surface area contributed by atoms with Crippen LogP contribution in [0.1, 0.15) is 24.0 Å². The van der Waals surface area contributed by atoms with Gasteiger partial charge in [0.25, 0.3) is 0 Å². The Labute approximate surface area is 78.0 Å². The highest BCUT2D eigenvalue weighted by atomic mass is 15.2. The lowest BCUT2D eigenvalue weighted by Gasteiger charge is -2.06. The van der Waals surface area contributed by atoms with E-state index in [4.69, 9.17) is 0 Å². The van der Waals surface area contributed by atoms with Crippen molar-refractivity contribution in [1.29, 1.82) is 0 Å². The molecule has 0 saturated carbocycles. The second-order valence-electron chi connectivity index (χ2n) is 3.25. The van der Waals surface area contributed by atoms with Crippen molar-refractivity contribution >= 4 is 11.9 Å². The quantitative estimate of drug-likeness (QED) is 0.622. The van der Waals surface area contributed by atoms with Gasteiger partial charge in [0.2, 0.25) is 0 Å². The van der Waals surface area contributed by atoms with Crippen LogP contribution in [0.25, 0.3) is 0 Å². The number of aryl methyl sites for hydroxylation is 1. The van der Waals surface area contributed by atoms with Crippen LogP contribution in [0.4, 0.5) is 0 Å². The van der Waals surface area contributed by atoms with Gasteiger partial charge in [-0.2, -0.15) is 10.2 Å². The SMILES string of the molecule is Cc1ccc(C2=NN=CCC2)cc1. The Balaban J connectivity index is 2.30. The Morgan fingerprint density at radius 2 is 1.92 bits per heavy atom. The maximum atomic E-state index is 4.12. The van der Waals surface area contributed by atoms with E-state index in [1.54, 1.807) is 0 Å². The Morgan fingerprint density at radius 3 is 2.54 bits per heavy atom. The average molecular weight is 172 g/mol. The first kappa shape index (κ1) is 8.17. The molecule has 1 aliphatic rings. The number of hydrogen-bond acceptors (Lipinski definition) is 2. The molecule has 1 aliphatic heterocycles. The molecule has 66 valence electrons. The highest BCUT2D eigenvalue weighted by Crippen LogP contribution is 2.10. The third kappa shape index (κ3) is 1.83. The molecular formula is C11H12N2. The summed E-state index contributed by atoms with van der Waals surface area (Å²) in [4.78, 5) is 0. The molecule has 13 heavy (non-hydrogen) atoms. The van der Waals surface area contributed by atoms with Crippen LogP contribution in [0.2, 0.25) is 0 Å². The maximum absolute atomic E-state index is 4.12. The zero-order valence-electron chi connectivity index (χ0n) is 7.70. The lowest BCUT2D eigenvalue weighted by Crippen LogP contribution is -2.03. The van der Waals surface area contributed by atoms with Crippen molar-refractivity contribution in [2.24, 2.45) is 10.2 Å². The van der Waals surface area contributed by atoms with E-state index in [2.05, 4.69) is 41.4 Å². The van der Waals surface area contributed by atoms with Crippen molar-refractivity contribution in [3.05, 3.63) is 35.4 Å². The maximum Gasteiger partial charge on any atom is 0.0706 e. The summed E-state index contributed by atoms with van der Waals surface area (Å²) in [5.74, 6) is 0. The zero-order chi connectivity index (χ0) is 9.10. The van der Waals surface area contributed by atoms with Crippen LogP contribution in [0, 0.1) is 6.92 Å². The molecule has 0 N–H and O–H groups in total. The second-order valence-corrected chi connectivity index (χ2v) is 3.25. The molecule has 1 aromatic rings. The lowest BCUT2D eigenvalue weighted by molar-refractivity contribution is 1.06. The van der Waals surface area contributed by atoms with E-state index in [9.17, 15) is 0 Å². The van der Waals surface area contributed by atoms with E-state index in [1.165, 1.54) is 11.1 Å². The standard InChI is InChI=1S/C11H12N2/c1-9-4-6-10(7-5-9)11-3-2-8-12-13-11/h4-8H,2-3H2,1H3. The van der Waals surface area contributed by atoms with E-state index >= 15 is 0 Å². The summed E-state index contributed by atoms with van der Waals surface area (Å²) in [6.07, 6.45) is 3.87. The van der Waals surface area contributed by atoms with Gasteiger partial charge in [0, 0.05) is 6.21 Å². The van der Waals surface area contributed by atoms with Crippen LogP contribution >= 0.6 is 0 Å². The predicted octanol–water partition coefficient (Wildman–Crippen LogP) is 2.56. The van der Waals surface area contributed by atoms with Crippen LogP contribution in [-0.2, 0) is 0 Å². The van der Waals surface area contributed by atoms with Gasteiger partial charge >= 0.3 is 0 Å². The summed E-state index contributed by atoms with van der Waals surface area (Å²) in [6.45, 7) is 2.09. The highest BCUT2D eigenvalue weighted by molar-refractivity contribution is 6.02. The van der Waals surface area contributed by atoms with Gasteiger partial charge in [-0.15, -0.1) is 0 Å². The molecule has 0 radical (unpaired) electrons. The monoisotopic (exact) mass is 172 g/mol. The van der Waals surface area contributed by atoms with Gasteiger partial charge in [-0.25, -0.2) is 0 Å². The predicted molar refractivity (Wildman–Crippen MR) is 55.4 cm³/mol. The smallest absolute Gasteiger partial charge is 0.0706 e. The highest BCUT2D eigenvalue weighted by Gasteiger charge is 2.04. The number of hydrogen-bond donors (Lipinski definition) is 0. The van der Waals surface area contributed by atoms with Crippen LogP contribution in [0.5, 0.6) is 0 Å². The van der Waals surface area contributed by atoms with E-state index in [0.29, 0.717) is 0 Å². The van der Waals surface area contributed by atoms with Crippen molar-refractivity contribution in [3.63, 3.8) is 0 Å². The van der Waals surface area contributed by atoms with Crippen LogP contribution in [0.3, 0.4) is 0 Å². The van der Waals surface area contributed by atoms with Crippen molar-refractivity contribution in [2.75, 3.05) is 0 Å². The third-order valence-corrected chi connectivity index (χ3v) is 2.16. The second kappa shape index (κ2) is 3.52. The van der Waals surface area contributed by atoms with Gasteiger partial charge in [0.05, 0.1) is 5.71 Å². The molecule has 1 aromatic carbocycles. The molecule has 0 saturated heterocycles. The fourth-order valence-electron chi connectivity index (χ4n) is 1.37. The molecule has 2 rings (SSSR count). The number of benzene rings is 1. The van der Waals surface area contributed by atoms with E-state index in [0.717, 1.165) is 18.6 Å². The van der Waals surface area contributed by atoms with Gasteiger partial charge in [-0.05, 0) is 25.3 Å². The molecule has 2 heteroatoms. The summed E-state index contributed by atoms with van der Waals surface area (Å²) < 4.78 is 0. The van der Waals surface area contributed by atoms with E-state index < -0.39 is 0 Å². The van der Waals surface area contributed by atoms with Crippen molar-refractivity contribution in [2.45, 2.75) is 19.8 Å². The third-order valence-electron chi connectivity index (χ3n) is 2.16. The summed E-state index contributed by atoms with van der Waals surface area (Å²) in [6, 6.07) is 8.43. The van der Waals surface area contributed by atoms with Gasteiger partial charge < -0.3 is 0 Å². The Morgan fingerprint density at radius 1 is 1.15 bits per heavy atom. The first-order valence-electron chi connectivity index (χ1n) is 4.51. The van der Waals surface area contributed by atoms with Crippen LogP contribution in [-0.4, -0.2) is 11.9 Å².